The molecule has 160 valence electrons. The zero-order chi connectivity index (χ0) is 22.0. The lowest BCUT2D eigenvalue weighted by Gasteiger charge is -2.12. The highest BCUT2D eigenvalue weighted by Gasteiger charge is 2.16. The maximum atomic E-state index is 12.7. The Kier molecular flexibility index (Phi) is 5.97. The number of benzene rings is 2. The summed E-state index contributed by atoms with van der Waals surface area (Å²) in [7, 11) is -3.64. The van der Waals surface area contributed by atoms with E-state index in [2.05, 4.69) is 26.7 Å². The Morgan fingerprint density at radius 1 is 1.00 bits per heavy atom. The van der Waals surface area contributed by atoms with Crippen LogP contribution in [0.15, 0.2) is 69.7 Å². The fourth-order valence-corrected chi connectivity index (χ4v) is 5.47. The van der Waals surface area contributed by atoms with Gasteiger partial charge in [-0.1, -0.05) is 37.7 Å². The van der Waals surface area contributed by atoms with Crippen molar-refractivity contribution in [3.8, 4) is 0 Å². The first kappa shape index (κ1) is 21.3. The standard InChI is InChI=1S/C22H23N5O2S2/c1-4-16-6-12-19(13-7-16)31(28,29)26-17-8-10-18(11-9-17)30-21-20(5-2)15(3)25-22-23-14-24-27(21)22/h6-14,26H,4-5H2,1-3H3. The second-order valence-corrected chi connectivity index (χ2v) is 9.78. The number of aromatic nitrogens is 4. The van der Waals surface area contributed by atoms with Crippen molar-refractivity contribution in [2.24, 2.45) is 0 Å². The summed E-state index contributed by atoms with van der Waals surface area (Å²) < 4.78 is 29.7. The van der Waals surface area contributed by atoms with Gasteiger partial charge in [-0.15, -0.1) is 0 Å². The Balaban J connectivity index is 1.56. The van der Waals surface area contributed by atoms with E-state index in [-0.39, 0.29) is 4.90 Å². The maximum Gasteiger partial charge on any atom is 0.261 e. The quantitative estimate of drug-likeness (QED) is 0.414. The van der Waals surface area contributed by atoms with Crippen molar-refractivity contribution in [1.29, 1.82) is 0 Å². The highest BCUT2D eigenvalue weighted by atomic mass is 32.2. The van der Waals surface area contributed by atoms with Gasteiger partial charge in [-0.05, 0) is 61.7 Å². The first-order chi connectivity index (χ1) is 14.9. The Bertz CT molecular complexity index is 1310. The van der Waals surface area contributed by atoms with Gasteiger partial charge in [0, 0.05) is 21.8 Å². The average Bonchev–Trinajstić information content (AvgIpc) is 3.23. The molecule has 0 unspecified atom stereocenters. The van der Waals surface area contributed by atoms with Crippen LogP contribution in [-0.2, 0) is 22.9 Å². The second-order valence-electron chi connectivity index (χ2n) is 7.04. The van der Waals surface area contributed by atoms with E-state index in [4.69, 9.17) is 0 Å². The molecular formula is C22H23N5O2S2. The molecule has 0 saturated heterocycles. The van der Waals surface area contributed by atoms with Gasteiger partial charge in [-0.3, -0.25) is 4.72 Å². The molecule has 0 aliphatic rings. The van der Waals surface area contributed by atoms with E-state index in [9.17, 15) is 8.42 Å². The summed E-state index contributed by atoms with van der Waals surface area (Å²) in [6.45, 7) is 6.09. The van der Waals surface area contributed by atoms with E-state index in [1.165, 1.54) is 6.33 Å². The van der Waals surface area contributed by atoms with Crippen molar-refractivity contribution in [2.75, 3.05) is 4.72 Å². The van der Waals surface area contributed by atoms with E-state index in [1.54, 1.807) is 40.5 Å². The lowest BCUT2D eigenvalue weighted by Crippen LogP contribution is -2.12. The molecule has 0 aliphatic heterocycles. The first-order valence-corrected chi connectivity index (χ1v) is 12.3. The normalized spacial score (nSPS) is 11.7. The van der Waals surface area contributed by atoms with Crippen molar-refractivity contribution in [3.05, 3.63) is 71.7 Å². The molecule has 0 aliphatic carbocycles. The summed E-state index contributed by atoms with van der Waals surface area (Å²) >= 11 is 1.56. The largest absolute Gasteiger partial charge is 0.280 e. The predicted molar refractivity (Wildman–Crippen MR) is 122 cm³/mol. The van der Waals surface area contributed by atoms with Gasteiger partial charge in [0.1, 0.15) is 11.4 Å². The van der Waals surface area contributed by atoms with Gasteiger partial charge < -0.3 is 0 Å². The number of anilines is 1. The van der Waals surface area contributed by atoms with Crippen molar-refractivity contribution < 1.29 is 8.42 Å². The Morgan fingerprint density at radius 3 is 2.35 bits per heavy atom. The molecule has 9 heteroatoms. The van der Waals surface area contributed by atoms with Crippen LogP contribution < -0.4 is 4.72 Å². The van der Waals surface area contributed by atoms with E-state index < -0.39 is 10.0 Å². The van der Waals surface area contributed by atoms with Crippen LogP contribution in [0, 0.1) is 6.92 Å². The molecule has 0 fully saturated rings. The third kappa shape index (κ3) is 4.42. The van der Waals surface area contributed by atoms with E-state index >= 15 is 0 Å². The highest BCUT2D eigenvalue weighted by molar-refractivity contribution is 7.99. The molecule has 2 aromatic heterocycles. The van der Waals surface area contributed by atoms with Gasteiger partial charge >= 0.3 is 0 Å². The summed E-state index contributed by atoms with van der Waals surface area (Å²) in [4.78, 5) is 9.92. The molecule has 1 N–H and O–H groups in total. The monoisotopic (exact) mass is 453 g/mol. The molecule has 0 radical (unpaired) electrons. The van der Waals surface area contributed by atoms with Crippen LogP contribution in [-0.4, -0.2) is 28.0 Å². The number of rotatable bonds is 7. The summed E-state index contributed by atoms with van der Waals surface area (Å²) in [5.74, 6) is 0.565. The number of hydrogen-bond acceptors (Lipinski definition) is 6. The summed E-state index contributed by atoms with van der Waals surface area (Å²) in [5, 5.41) is 5.27. The molecule has 2 heterocycles. The number of sulfonamides is 1. The van der Waals surface area contributed by atoms with Crippen LogP contribution in [0.5, 0.6) is 0 Å². The Labute approximate surface area is 186 Å². The molecule has 31 heavy (non-hydrogen) atoms. The van der Waals surface area contributed by atoms with E-state index in [0.29, 0.717) is 11.5 Å². The molecule has 0 bridgehead atoms. The predicted octanol–water partition coefficient (Wildman–Crippen LogP) is 4.51. The molecule has 0 atom stereocenters. The first-order valence-electron chi connectivity index (χ1n) is 10.00. The number of nitrogens with one attached hydrogen (secondary N) is 1. The van der Waals surface area contributed by atoms with Gasteiger partial charge in [0.2, 0.25) is 0 Å². The van der Waals surface area contributed by atoms with Crippen LogP contribution in [0.3, 0.4) is 0 Å². The van der Waals surface area contributed by atoms with Crippen LogP contribution in [0.1, 0.15) is 30.7 Å². The highest BCUT2D eigenvalue weighted by Crippen LogP contribution is 2.32. The fraction of sp³-hybridized carbons (Fsp3) is 0.227. The molecule has 0 saturated carbocycles. The van der Waals surface area contributed by atoms with Gasteiger partial charge in [-0.25, -0.2) is 13.4 Å². The molecule has 0 spiro atoms. The van der Waals surface area contributed by atoms with Crippen molar-refractivity contribution in [1.82, 2.24) is 19.6 Å². The maximum absolute atomic E-state index is 12.7. The zero-order valence-corrected chi connectivity index (χ0v) is 19.2. The third-order valence-corrected chi connectivity index (χ3v) is 7.52. The minimum absolute atomic E-state index is 0.247. The molecule has 4 rings (SSSR count). The second kappa shape index (κ2) is 8.68. The molecule has 4 aromatic rings. The topological polar surface area (TPSA) is 89.2 Å². The lowest BCUT2D eigenvalue weighted by molar-refractivity contribution is 0.601. The molecule has 7 nitrogen and oxygen atoms in total. The fourth-order valence-electron chi connectivity index (χ4n) is 3.29. The summed E-state index contributed by atoms with van der Waals surface area (Å²) in [6.07, 6.45) is 3.19. The molecule has 0 amide bonds. The zero-order valence-electron chi connectivity index (χ0n) is 17.5. The third-order valence-electron chi connectivity index (χ3n) is 5.00. The summed E-state index contributed by atoms with van der Waals surface area (Å²) in [5.41, 5.74) is 3.66. The SMILES string of the molecule is CCc1ccc(S(=O)(=O)Nc2ccc(Sc3c(CC)c(C)nc4ncnn34)cc2)cc1. The number of nitrogens with zero attached hydrogens (tertiary/aromatic N) is 4. The van der Waals surface area contributed by atoms with Gasteiger partial charge in [0.05, 0.1) is 4.90 Å². The number of hydrogen-bond donors (Lipinski definition) is 1. The minimum Gasteiger partial charge on any atom is -0.280 e. The lowest BCUT2D eigenvalue weighted by atomic mass is 10.2. The van der Waals surface area contributed by atoms with Gasteiger partial charge in [0.25, 0.3) is 15.8 Å². The number of fused-ring (bicyclic) bond motifs is 1. The smallest absolute Gasteiger partial charge is 0.261 e. The molecular weight excluding hydrogens is 430 g/mol. The van der Waals surface area contributed by atoms with Crippen LogP contribution in [0.2, 0.25) is 0 Å². The van der Waals surface area contributed by atoms with Crippen molar-refractivity contribution >= 4 is 33.3 Å². The van der Waals surface area contributed by atoms with Crippen molar-refractivity contribution in [2.45, 2.75) is 48.4 Å². The minimum atomic E-state index is -3.64. The van der Waals surface area contributed by atoms with Gasteiger partial charge in [0.15, 0.2) is 0 Å². The van der Waals surface area contributed by atoms with Gasteiger partial charge in [-0.2, -0.15) is 14.6 Å². The average molecular weight is 454 g/mol. The Morgan fingerprint density at radius 2 is 1.71 bits per heavy atom. The van der Waals surface area contributed by atoms with E-state index in [0.717, 1.165) is 39.6 Å². The van der Waals surface area contributed by atoms with Crippen LogP contribution in [0.25, 0.3) is 5.78 Å². The number of aryl methyl sites for hydroxylation is 2. The van der Waals surface area contributed by atoms with Crippen molar-refractivity contribution in [3.63, 3.8) is 0 Å². The molecule has 2 aromatic carbocycles. The summed E-state index contributed by atoms with van der Waals surface area (Å²) in [6, 6.07) is 14.2. The van der Waals surface area contributed by atoms with Crippen LogP contribution in [0.4, 0.5) is 5.69 Å². The Hall–Kier alpha value is -2.91. The van der Waals surface area contributed by atoms with Crippen LogP contribution >= 0.6 is 11.8 Å². The van der Waals surface area contributed by atoms with E-state index in [1.807, 2.05) is 38.1 Å².